The minimum absolute atomic E-state index is 0.325. The topological polar surface area (TPSA) is 45.5 Å². The van der Waals surface area contributed by atoms with Gasteiger partial charge in [-0.05, 0) is 35.6 Å². The molecular formula is C10H15BrN2O2. The molecule has 5 heteroatoms. The normalized spacial score (nSPS) is 10.9. The van der Waals surface area contributed by atoms with E-state index < -0.39 is 5.97 Å². The molecule has 15 heavy (non-hydrogen) atoms. The van der Waals surface area contributed by atoms with Crippen molar-refractivity contribution >= 4 is 21.9 Å². The minimum Gasteiger partial charge on any atom is -0.477 e. The first kappa shape index (κ1) is 12.3. The maximum absolute atomic E-state index is 10.9. The highest BCUT2D eigenvalue weighted by atomic mass is 79.9. The molecule has 0 atom stereocenters. The summed E-state index contributed by atoms with van der Waals surface area (Å²) in [6.45, 7) is 4.57. The molecule has 0 saturated heterocycles. The van der Waals surface area contributed by atoms with Crippen molar-refractivity contribution in [2.75, 3.05) is 20.1 Å². The van der Waals surface area contributed by atoms with Crippen LogP contribution in [0.4, 0.5) is 0 Å². The highest BCUT2D eigenvalue weighted by molar-refractivity contribution is 9.10. The summed E-state index contributed by atoms with van der Waals surface area (Å²) in [5.74, 6) is -0.889. The first-order chi connectivity index (χ1) is 7.04. The molecule has 84 valence electrons. The molecule has 1 aromatic rings. The van der Waals surface area contributed by atoms with Gasteiger partial charge in [0.15, 0.2) is 0 Å². The van der Waals surface area contributed by atoms with Crippen molar-refractivity contribution in [1.82, 2.24) is 9.47 Å². The molecule has 0 spiro atoms. The van der Waals surface area contributed by atoms with Gasteiger partial charge in [0.1, 0.15) is 5.69 Å². The van der Waals surface area contributed by atoms with E-state index in [-0.39, 0.29) is 0 Å². The minimum atomic E-state index is -0.889. The fourth-order valence-electron chi connectivity index (χ4n) is 1.28. The van der Waals surface area contributed by atoms with Crippen LogP contribution in [0.15, 0.2) is 16.7 Å². The lowest BCUT2D eigenvalue weighted by Crippen LogP contribution is -2.23. The molecule has 0 aliphatic rings. The van der Waals surface area contributed by atoms with Gasteiger partial charge >= 0.3 is 5.97 Å². The Kier molecular flexibility index (Phi) is 4.35. The number of aromatic nitrogens is 1. The highest BCUT2D eigenvalue weighted by Crippen LogP contribution is 2.14. The first-order valence-electron chi connectivity index (χ1n) is 4.82. The predicted molar refractivity (Wildman–Crippen MR) is 62.3 cm³/mol. The second-order valence-electron chi connectivity index (χ2n) is 3.44. The third kappa shape index (κ3) is 3.35. The van der Waals surface area contributed by atoms with E-state index in [9.17, 15) is 4.79 Å². The van der Waals surface area contributed by atoms with Gasteiger partial charge < -0.3 is 14.6 Å². The summed E-state index contributed by atoms with van der Waals surface area (Å²) in [6.07, 6.45) is 1.80. The lowest BCUT2D eigenvalue weighted by atomic mass is 10.4. The number of carboxylic acids is 1. The summed E-state index contributed by atoms with van der Waals surface area (Å²) in [6, 6.07) is 1.62. The number of hydrogen-bond donors (Lipinski definition) is 1. The number of aromatic carboxylic acids is 1. The fraction of sp³-hybridized carbons (Fsp3) is 0.500. The van der Waals surface area contributed by atoms with E-state index in [1.165, 1.54) is 0 Å². The van der Waals surface area contributed by atoms with Crippen LogP contribution in [0.1, 0.15) is 17.4 Å². The Bertz CT molecular complexity index is 349. The number of carbonyl (C=O) groups is 1. The van der Waals surface area contributed by atoms with Gasteiger partial charge in [0, 0.05) is 23.8 Å². The monoisotopic (exact) mass is 274 g/mol. The van der Waals surface area contributed by atoms with E-state index in [1.807, 2.05) is 7.05 Å². The van der Waals surface area contributed by atoms with Crippen LogP contribution in [-0.2, 0) is 6.54 Å². The molecule has 0 unspecified atom stereocenters. The van der Waals surface area contributed by atoms with Gasteiger partial charge in [-0.15, -0.1) is 0 Å². The quantitative estimate of drug-likeness (QED) is 0.892. The summed E-state index contributed by atoms with van der Waals surface area (Å²) in [5.41, 5.74) is 0.325. The summed E-state index contributed by atoms with van der Waals surface area (Å²) in [7, 11) is 2.01. The van der Waals surface area contributed by atoms with Crippen molar-refractivity contribution in [3.8, 4) is 0 Å². The summed E-state index contributed by atoms with van der Waals surface area (Å²) < 4.78 is 2.55. The average Bonchev–Trinajstić information content (AvgIpc) is 2.56. The van der Waals surface area contributed by atoms with Crippen molar-refractivity contribution in [3.05, 3.63) is 22.4 Å². The molecule has 0 fully saturated rings. The van der Waals surface area contributed by atoms with Crippen molar-refractivity contribution < 1.29 is 9.90 Å². The average molecular weight is 275 g/mol. The van der Waals surface area contributed by atoms with Gasteiger partial charge in [-0.3, -0.25) is 0 Å². The van der Waals surface area contributed by atoms with E-state index in [1.54, 1.807) is 16.8 Å². The van der Waals surface area contributed by atoms with Crippen LogP contribution in [0.2, 0.25) is 0 Å². The molecule has 1 N–H and O–H groups in total. The van der Waals surface area contributed by atoms with Gasteiger partial charge in [0.2, 0.25) is 0 Å². The Morgan fingerprint density at radius 1 is 1.67 bits per heavy atom. The van der Waals surface area contributed by atoms with Crippen molar-refractivity contribution in [3.63, 3.8) is 0 Å². The zero-order valence-corrected chi connectivity index (χ0v) is 10.5. The summed E-state index contributed by atoms with van der Waals surface area (Å²) in [5, 5.41) is 8.95. The molecule has 1 heterocycles. The van der Waals surface area contributed by atoms with E-state index in [2.05, 4.69) is 27.8 Å². The van der Waals surface area contributed by atoms with Crippen LogP contribution < -0.4 is 0 Å². The summed E-state index contributed by atoms with van der Waals surface area (Å²) >= 11 is 3.28. The molecule has 0 amide bonds. The molecular weight excluding hydrogens is 260 g/mol. The Labute approximate surface area is 97.6 Å². The van der Waals surface area contributed by atoms with Crippen LogP contribution in [0.3, 0.4) is 0 Å². The predicted octanol–water partition coefficient (Wildman–Crippen LogP) is 1.90. The second kappa shape index (κ2) is 5.32. The van der Waals surface area contributed by atoms with Gasteiger partial charge in [-0.1, -0.05) is 6.92 Å². The Morgan fingerprint density at radius 3 is 2.87 bits per heavy atom. The molecule has 0 bridgehead atoms. The molecule has 0 radical (unpaired) electrons. The van der Waals surface area contributed by atoms with E-state index in [0.717, 1.165) is 17.6 Å². The van der Waals surface area contributed by atoms with E-state index >= 15 is 0 Å². The number of halogens is 1. The third-order valence-electron chi connectivity index (χ3n) is 2.34. The summed E-state index contributed by atoms with van der Waals surface area (Å²) in [4.78, 5) is 13.0. The highest BCUT2D eigenvalue weighted by Gasteiger charge is 2.11. The number of carboxylic acid groups (broad SMARTS) is 1. The molecule has 0 aliphatic heterocycles. The van der Waals surface area contributed by atoms with Gasteiger partial charge in [0.05, 0.1) is 0 Å². The molecule has 0 aromatic carbocycles. The van der Waals surface area contributed by atoms with Crippen molar-refractivity contribution in [1.29, 1.82) is 0 Å². The van der Waals surface area contributed by atoms with Gasteiger partial charge in [-0.2, -0.15) is 0 Å². The molecule has 0 saturated carbocycles. The second-order valence-corrected chi connectivity index (χ2v) is 4.35. The van der Waals surface area contributed by atoms with Crippen LogP contribution in [0, 0.1) is 0 Å². The maximum Gasteiger partial charge on any atom is 0.352 e. The Balaban J connectivity index is 2.71. The van der Waals surface area contributed by atoms with Crippen molar-refractivity contribution in [2.24, 2.45) is 0 Å². The number of nitrogens with zero attached hydrogens (tertiary/aromatic N) is 2. The first-order valence-corrected chi connectivity index (χ1v) is 5.61. The zero-order chi connectivity index (χ0) is 11.4. The number of likely N-dealkylation sites (N-methyl/N-ethyl adjacent to an activating group) is 1. The lowest BCUT2D eigenvalue weighted by Gasteiger charge is -2.14. The van der Waals surface area contributed by atoms with E-state index in [0.29, 0.717) is 12.2 Å². The maximum atomic E-state index is 10.9. The van der Waals surface area contributed by atoms with Crippen molar-refractivity contribution in [2.45, 2.75) is 13.5 Å². The fourth-order valence-corrected chi connectivity index (χ4v) is 1.74. The molecule has 4 nitrogen and oxygen atoms in total. The Hall–Kier alpha value is -0.810. The number of rotatable bonds is 5. The van der Waals surface area contributed by atoms with Gasteiger partial charge in [0.25, 0.3) is 0 Å². The number of hydrogen-bond acceptors (Lipinski definition) is 2. The molecule has 0 aliphatic carbocycles. The van der Waals surface area contributed by atoms with Crippen LogP contribution in [-0.4, -0.2) is 40.7 Å². The van der Waals surface area contributed by atoms with Crippen LogP contribution in [0.25, 0.3) is 0 Å². The SMILES string of the molecule is CCN(C)CCn1cc(Br)cc1C(=O)O. The lowest BCUT2D eigenvalue weighted by molar-refractivity contribution is 0.0684. The standard InChI is InChI=1S/C10H15BrN2O2/c1-3-12(2)4-5-13-7-8(11)6-9(13)10(14)15/h6-7H,3-5H2,1-2H3,(H,14,15). The molecule has 1 rings (SSSR count). The third-order valence-corrected chi connectivity index (χ3v) is 2.78. The van der Waals surface area contributed by atoms with Crippen LogP contribution in [0.5, 0.6) is 0 Å². The largest absolute Gasteiger partial charge is 0.477 e. The smallest absolute Gasteiger partial charge is 0.352 e. The molecule has 1 aromatic heterocycles. The van der Waals surface area contributed by atoms with E-state index in [4.69, 9.17) is 5.11 Å². The van der Waals surface area contributed by atoms with Gasteiger partial charge in [-0.25, -0.2) is 4.79 Å². The van der Waals surface area contributed by atoms with Crippen LogP contribution >= 0.6 is 15.9 Å². The Morgan fingerprint density at radius 2 is 2.33 bits per heavy atom. The zero-order valence-electron chi connectivity index (χ0n) is 8.90.